The number of amides is 2. The summed E-state index contributed by atoms with van der Waals surface area (Å²) in [7, 11) is -3.77. The van der Waals surface area contributed by atoms with Gasteiger partial charge in [0, 0.05) is 43.5 Å². The number of carbonyl (C=O) groups is 2. The maximum absolute atomic E-state index is 13.4. The molecule has 2 aromatic rings. The number of benzene rings is 2. The first-order chi connectivity index (χ1) is 15.1. The monoisotopic (exact) mass is 458 g/mol. The Morgan fingerprint density at radius 1 is 1.00 bits per heavy atom. The first-order valence-corrected chi connectivity index (χ1v) is 12.0. The molecule has 1 saturated heterocycles. The molecule has 1 fully saturated rings. The smallest absolute Gasteiger partial charge is 0.243 e. The number of piperazine rings is 1. The Hall–Kier alpha value is -2.75. The lowest BCUT2D eigenvalue weighted by atomic mass is 10.1. The minimum absolute atomic E-state index is 0.127. The highest BCUT2D eigenvalue weighted by atomic mass is 32.2. The van der Waals surface area contributed by atoms with Crippen LogP contribution in [0.25, 0.3) is 0 Å². The topological polar surface area (TPSA) is 98.8 Å². The van der Waals surface area contributed by atoms with Crippen molar-refractivity contribution in [3.63, 3.8) is 0 Å². The fraction of sp³-hybridized carbons (Fsp3) is 0.391. The zero-order valence-corrected chi connectivity index (χ0v) is 19.6. The van der Waals surface area contributed by atoms with Gasteiger partial charge in [0.25, 0.3) is 0 Å². The van der Waals surface area contributed by atoms with E-state index in [0.717, 1.165) is 11.3 Å². The number of carbonyl (C=O) groups excluding carboxylic acids is 2. The van der Waals surface area contributed by atoms with Crippen LogP contribution < -0.4 is 10.6 Å². The molecule has 0 bridgehead atoms. The van der Waals surface area contributed by atoms with E-state index in [2.05, 4.69) is 10.6 Å². The summed E-state index contributed by atoms with van der Waals surface area (Å²) in [4.78, 5) is 26.0. The van der Waals surface area contributed by atoms with Gasteiger partial charge in [-0.05, 0) is 50.6 Å². The predicted octanol–water partition coefficient (Wildman–Crippen LogP) is 2.68. The van der Waals surface area contributed by atoms with Gasteiger partial charge < -0.3 is 10.6 Å². The molecule has 32 heavy (non-hydrogen) atoms. The average molecular weight is 459 g/mol. The van der Waals surface area contributed by atoms with Crippen LogP contribution in [0, 0.1) is 6.92 Å². The molecule has 2 atom stereocenters. The van der Waals surface area contributed by atoms with Gasteiger partial charge in [0.15, 0.2) is 0 Å². The van der Waals surface area contributed by atoms with Gasteiger partial charge in [0.2, 0.25) is 21.8 Å². The molecule has 0 saturated carbocycles. The molecule has 2 aromatic carbocycles. The Labute approximate surface area is 189 Å². The van der Waals surface area contributed by atoms with Gasteiger partial charge in [0.05, 0.1) is 11.4 Å². The molecule has 3 rings (SSSR count). The van der Waals surface area contributed by atoms with Crippen molar-refractivity contribution in [2.75, 3.05) is 30.3 Å². The second kappa shape index (κ2) is 9.81. The van der Waals surface area contributed by atoms with Gasteiger partial charge in [-0.3, -0.25) is 14.5 Å². The summed E-state index contributed by atoms with van der Waals surface area (Å²) < 4.78 is 28.2. The summed E-state index contributed by atoms with van der Waals surface area (Å²) in [5, 5.41) is 5.55. The van der Waals surface area contributed by atoms with Gasteiger partial charge in [-0.25, -0.2) is 8.42 Å². The highest BCUT2D eigenvalue weighted by Gasteiger charge is 2.38. The first-order valence-electron chi connectivity index (χ1n) is 10.6. The van der Waals surface area contributed by atoms with E-state index in [1.165, 1.54) is 23.4 Å². The molecule has 172 valence electrons. The van der Waals surface area contributed by atoms with E-state index in [0.29, 0.717) is 18.8 Å². The summed E-state index contributed by atoms with van der Waals surface area (Å²) >= 11 is 0. The maximum Gasteiger partial charge on any atom is 0.243 e. The van der Waals surface area contributed by atoms with E-state index in [4.69, 9.17) is 0 Å². The van der Waals surface area contributed by atoms with Crippen LogP contribution in [-0.2, 0) is 19.6 Å². The highest BCUT2D eigenvalue weighted by molar-refractivity contribution is 7.89. The standard InChI is InChI=1S/C23H30N4O4S/c1-16-8-5-6-11-22(16)25-23(29)15-26-13-17(2)27(18(3)14-26)32(30,31)21-10-7-9-20(12-21)24-19(4)28/h5-12,17-18H,13-15H2,1-4H3,(H,24,28)(H,25,29). The molecule has 1 heterocycles. The van der Waals surface area contributed by atoms with E-state index >= 15 is 0 Å². The molecule has 0 radical (unpaired) electrons. The fourth-order valence-corrected chi connectivity index (χ4v) is 6.04. The Morgan fingerprint density at radius 3 is 2.28 bits per heavy atom. The van der Waals surface area contributed by atoms with Crippen LogP contribution in [0.3, 0.4) is 0 Å². The molecule has 2 unspecified atom stereocenters. The minimum atomic E-state index is -3.77. The number of aryl methyl sites for hydroxylation is 1. The summed E-state index contributed by atoms with van der Waals surface area (Å²) in [6, 6.07) is 13.2. The second-order valence-electron chi connectivity index (χ2n) is 8.30. The third kappa shape index (κ3) is 5.53. The molecular formula is C23H30N4O4S. The zero-order valence-electron chi connectivity index (χ0n) is 18.8. The Bertz CT molecular complexity index is 1090. The summed E-state index contributed by atoms with van der Waals surface area (Å²) in [6.45, 7) is 8.07. The van der Waals surface area contributed by atoms with Gasteiger partial charge in [-0.1, -0.05) is 24.3 Å². The summed E-state index contributed by atoms with van der Waals surface area (Å²) in [5.74, 6) is -0.392. The van der Waals surface area contributed by atoms with Crippen molar-refractivity contribution in [1.82, 2.24) is 9.21 Å². The molecule has 0 spiro atoms. The number of sulfonamides is 1. The van der Waals surface area contributed by atoms with E-state index in [1.54, 1.807) is 12.1 Å². The van der Waals surface area contributed by atoms with Gasteiger partial charge in [-0.2, -0.15) is 4.31 Å². The number of hydrogen-bond donors (Lipinski definition) is 2. The van der Waals surface area contributed by atoms with E-state index in [9.17, 15) is 18.0 Å². The number of nitrogens with zero attached hydrogens (tertiary/aromatic N) is 2. The molecule has 1 aliphatic rings. The van der Waals surface area contributed by atoms with Gasteiger partial charge in [0.1, 0.15) is 0 Å². The molecule has 0 aromatic heterocycles. The van der Waals surface area contributed by atoms with Gasteiger partial charge in [-0.15, -0.1) is 0 Å². The summed E-state index contributed by atoms with van der Waals surface area (Å²) in [6.07, 6.45) is 0. The van der Waals surface area contributed by atoms with Crippen molar-refractivity contribution >= 4 is 33.2 Å². The van der Waals surface area contributed by atoms with Crippen LogP contribution in [0.4, 0.5) is 11.4 Å². The van der Waals surface area contributed by atoms with Crippen molar-refractivity contribution in [3.8, 4) is 0 Å². The van der Waals surface area contributed by atoms with Crippen LogP contribution in [0.2, 0.25) is 0 Å². The third-order valence-corrected chi connectivity index (χ3v) is 7.55. The van der Waals surface area contributed by atoms with Crippen molar-refractivity contribution < 1.29 is 18.0 Å². The Balaban J connectivity index is 1.69. The minimum Gasteiger partial charge on any atom is -0.326 e. The van der Waals surface area contributed by atoms with E-state index < -0.39 is 10.0 Å². The van der Waals surface area contributed by atoms with Crippen molar-refractivity contribution in [3.05, 3.63) is 54.1 Å². The van der Waals surface area contributed by atoms with Crippen LogP contribution >= 0.6 is 0 Å². The van der Waals surface area contributed by atoms with Crippen LogP contribution in [0.1, 0.15) is 26.3 Å². The molecule has 2 N–H and O–H groups in total. The second-order valence-corrected chi connectivity index (χ2v) is 10.1. The fourth-order valence-electron chi connectivity index (χ4n) is 4.19. The molecule has 9 heteroatoms. The largest absolute Gasteiger partial charge is 0.326 e. The Morgan fingerprint density at radius 2 is 1.66 bits per heavy atom. The van der Waals surface area contributed by atoms with E-state index in [-0.39, 0.29) is 35.3 Å². The van der Waals surface area contributed by atoms with Gasteiger partial charge >= 0.3 is 0 Å². The number of rotatable bonds is 6. The molecule has 8 nitrogen and oxygen atoms in total. The molecule has 1 aliphatic heterocycles. The van der Waals surface area contributed by atoms with Crippen molar-refractivity contribution in [2.45, 2.75) is 44.7 Å². The normalized spacial score (nSPS) is 20.0. The lowest BCUT2D eigenvalue weighted by Gasteiger charge is -2.43. The average Bonchev–Trinajstić information content (AvgIpc) is 2.68. The third-order valence-electron chi connectivity index (χ3n) is 5.43. The number of para-hydroxylation sites is 1. The van der Waals surface area contributed by atoms with E-state index in [1.807, 2.05) is 49.9 Å². The van der Waals surface area contributed by atoms with Crippen molar-refractivity contribution in [1.29, 1.82) is 0 Å². The maximum atomic E-state index is 13.4. The lowest BCUT2D eigenvalue weighted by molar-refractivity contribution is -0.118. The summed E-state index contributed by atoms with van der Waals surface area (Å²) in [5.41, 5.74) is 2.20. The molecular weight excluding hydrogens is 428 g/mol. The quantitative estimate of drug-likeness (QED) is 0.694. The number of nitrogens with one attached hydrogen (secondary N) is 2. The van der Waals surface area contributed by atoms with Crippen molar-refractivity contribution in [2.24, 2.45) is 0 Å². The van der Waals surface area contributed by atoms with Crippen LogP contribution in [-0.4, -0.2) is 61.2 Å². The first kappa shape index (κ1) is 23.9. The number of anilines is 2. The zero-order chi connectivity index (χ0) is 23.5. The lowest BCUT2D eigenvalue weighted by Crippen LogP contribution is -2.59. The Kier molecular flexibility index (Phi) is 7.33. The predicted molar refractivity (Wildman–Crippen MR) is 125 cm³/mol. The van der Waals surface area contributed by atoms with Crippen LogP contribution in [0.15, 0.2) is 53.4 Å². The molecule has 0 aliphatic carbocycles. The molecule has 2 amide bonds. The highest BCUT2D eigenvalue weighted by Crippen LogP contribution is 2.27. The van der Waals surface area contributed by atoms with Crippen LogP contribution in [0.5, 0.6) is 0 Å². The SMILES string of the molecule is CC(=O)Nc1cccc(S(=O)(=O)N2C(C)CN(CC(=O)Nc3ccccc3C)CC2C)c1. The number of hydrogen-bond acceptors (Lipinski definition) is 5.